The van der Waals surface area contributed by atoms with E-state index in [4.69, 9.17) is 44.4 Å². The number of anilines is 1. The summed E-state index contributed by atoms with van der Waals surface area (Å²) in [6.45, 7) is 1.19. The van der Waals surface area contributed by atoms with Gasteiger partial charge in [-0.1, -0.05) is 46.9 Å². The normalized spacial score (nSPS) is 19.2. The van der Waals surface area contributed by atoms with Gasteiger partial charge in [-0.25, -0.2) is 4.84 Å². The van der Waals surface area contributed by atoms with Crippen molar-refractivity contribution >= 4 is 52.3 Å². The van der Waals surface area contributed by atoms with E-state index >= 15 is 0 Å². The molecule has 2 amide bonds. The molecule has 1 aliphatic heterocycles. The fraction of sp³-hybridized carbons (Fsp3) is 0.333. The van der Waals surface area contributed by atoms with E-state index in [0.29, 0.717) is 5.06 Å². The fourth-order valence-electron chi connectivity index (χ4n) is 1.68. The lowest BCUT2D eigenvalue weighted by atomic mass is 10.2. The number of fused-ring (bicyclic) bond motifs is 1. The Bertz CT molecular complexity index is 592. The topological polar surface area (TPSA) is 88.1 Å². The van der Waals surface area contributed by atoms with Gasteiger partial charge in [-0.05, 0) is 12.1 Å². The van der Waals surface area contributed by atoms with Crippen molar-refractivity contribution in [2.45, 2.75) is 23.2 Å². The number of ether oxygens (including phenoxy) is 1. The molecule has 2 atom stereocenters. The maximum atomic E-state index is 12.0. The van der Waals surface area contributed by atoms with E-state index in [1.54, 1.807) is 12.1 Å². The summed E-state index contributed by atoms with van der Waals surface area (Å²) < 4.78 is 2.97. The lowest BCUT2D eigenvalue weighted by Gasteiger charge is -2.35. The minimum Gasteiger partial charge on any atom is -0.453 e. The standard InChI is InChI=1S/C12H11Cl3N2O5/c1-6(18)16-11(12(13,14)15)22-17-7-4-2-3-5-8(7)21-10(20)9(17)19/h2-5,10-11,20H,1H3,(H,16,18)/t10-,11+/m0/s1. The summed E-state index contributed by atoms with van der Waals surface area (Å²) >= 11 is 17.2. The number of aliphatic hydroxyl groups is 1. The van der Waals surface area contributed by atoms with Crippen molar-refractivity contribution in [3.63, 3.8) is 0 Å². The molecule has 2 N–H and O–H groups in total. The van der Waals surface area contributed by atoms with Crippen molar-refractivity contribution in [1.29, 1.82) is 0 Å². The Hall–Kier alpha value is -1.25. The van der Waals surface area contributed by atoms with Crippen LogP contribution >= 0.6 is 34.8 Å². The van der Waals surface area contributed by atoms with E-state index in [9.17, 15) is 14.7 Å². The van der Waals surface area contributed by atoms with Gasteiger partial charge in [-0.2, -0.15) is 5.06 Å². The van der Waals surface area contributed by atoms with E-state index < -0.39 is 28.1 Å². The predicted octanol–water partition coefficient (Wildman–Crippen LogP) is 1.49. The quantitative estimate of drug-likeness (QED) is 0.623. The average molecular weight is 370 g/mol. The third-order valence-electron chi connectivity index (χ3n) is 2.58. The Morgan fingerprint density at radius 1 is 1.45 bits per heavy atom. The highest BCUT2D eigenvalue weighted by molar-refractivity contribution is 6.68. The minimum absolute atomic E-state index is 0.195. The van der Waals surface area contributed by atoms with Crippen LogP contribution in [0.5, 0.6) is 5.75 Å². The number of hydroxylamine groups is 1. The van der Waals surface area contributed by atoms with E-state index in [0.717, 1.165) is 0 Å². The number of nitrogens with one attached hydrogen (secondary N) is 1. The van der Waals surface area contributed by atoms with Crippen molar-refractivity contribution in [3.8, 4) is 5.75 Å². The molecule has 0 bridgehead atoms. The number of rotatable bonds is 3. The molecule has 0 aromatic heterocycles. The lowest BCUT2D eigenvalue weighted by molar-refractivity contribution is -0.156. The molecule has 1 aliphatic rings. The molecule has 120 valence electrons. The van der Waals surface area contributed by atoms with Crippen LogP contribution in [-0.2, 0) is 14.4 Å². The summed E-state index contributed by atoms with van der Waals surface area (Å²) in [6.07, 6.45) is -3.24. The van der Waals surface area contributed by atoms with Crippen LogP contribution in [-0.4, -0.2) is 33.2 Å². The van der Waals surface area contributed by atoms with Gasteiger partial charge in [0.1, 0.15) is 11.4 Å². The summed E-state index contributed by atoms with van der Waals surface area (Å²) in [6, 6.07) is 6.28. The van der Waals surface area contributed by atoms with Gasteiger partial charge in [-0.15, -0.1) is 0 Å². The highest BCUT2D eigenvalue weighted by atomic mass is 35.6. The predicted molar refractivity (Wildman–Crippen MR) is 79.5 cm³/mol. The number of aliphatic hydroxyl groups excluding tert-OH is 1. The summed E-state index contributed by atoms with van der Waals surface area (Å²) in [5.41, 5.74) is 0.197. The maximum absolute atomic E-state index is 12.0. The second-order valence-electron chi connectivity index (χ2n) is 4.30. The maximum Gasteiger partial charge on any atom is 0.320 e. The summed E-state index contributed by atoms with van der Waals surface area (Å²) in [7, 11) is 0. The van der Waals surface area contributed by atoms with E-state index in [-0.39, 0.29) is 11.4 Å². The van der Waals surface area contributed by atoms with Crippen molar-refractivity contribution in [2.75, 3.05) is 5.06 Å². The molecular weight excluding hydrogens is 358 g/mol. The van der Waals surface area contributed by atoms with Gasteiger partial charge in [0, 0.05) is 6.92 Å². The number of hydrogen-bond acceptors (Lipinski definition) is 5. The van der Waals surface area contributed by atoms with Gasteiger partial charge < -0.3 is 15.2 Å². The Morgan fingerprint density at radius 2 is 2.09 bits per heavy atom. The molecule has 0 fully saturated rings. The van der Waals surface area contributed by atoms with E-state index in [2.05, 4.69) is 5.32 Å². The zero-order chi connectivity index (χ0) is 16.5. The third-order valence-corrected chi connectivity index (χ3v) is 3.17. The zero-order valence-electron chi connectivity index (χ0n) is 11.1. The average Bonchev–Trinajstić information content (AvgIpc) is 2.41. The molecule has 0 aliphatic carbocycles. The number of para-hydroxylation sites is 2. The first-order valence-corrected chi connectivity index (χ1v) is 7.12. The van der Waals surface area contributed by atoms with Crippen LogP contribution in [0.2, 0.25) is 0 Å². The molecule has 0 saturated heterocycles. The second-order valence-corrected chi connectivity index (χ2v) is 6.67. The molecule has 0 radical (unpaired) electrons. The molecule has 7 nitrogen and oxygen atoms in total. The molecule has 0 spiro atoms. The Labute approximate surface area is 140 Å². The number of amides is 2. The molecule has 22 heavy (non-hydrogen) atoms. The highest BCUT2D eigenvalue weighted by Crippen LogP contribution is 2.37. The first-order valence-electron chi connectivity index (χ1n) is 5.98. The van der Waals surface area contributed by atoms with Gasteiger partial charge in [0.2, 0.25) is 15.9 Å². The molecular formula is C12H11Cl3N2O5. The van der Waals surface area contributed by atoms with Gasteiger partial charge in [-0.3, -0.25) is 9.59 Å². The smallest absolute Gasteiger partial charge is 0.320 e. The molecule has 10 heteroatoms. The summed E-state index contributed by atoms with van der Waals surface area (Å²) in [4.78, 5) is 28.5. The zero-order valence-corrected chi connectivity index (χ0v) is 13.4. The Balaban J connectivity index is 2.33. The van der Waals surface area contributed by atoms with Gasteiger partial charge in [0.15, 0.2) is 0 Å². The number of halogens is 3. The van der Waals surface area contributed by atoms with Gasteiger partial charge >= 0.3 is 5.91 Å². The van der Waals surface area contributed by atoms with Crippen LogP contribution < -0.4 is 15.1 Å². The molecule has 1 aromatic carbocycles. The molecule has 0 unspecified atom stereocenters. The monoisotopic (exact) mass is 368 g/mol. The minimum atomic E-state index is -2.05. The lowest BCUT2D eigenvalue weighted by Crippen LogP contribution is -2.54. The van der Waals surface area contributed by atoms with Gasteiger partial charge in [0.25, 0.3) is 6.29 Å². The number of hydrogen-bond donors (Lipinski definition) is 2. The molecule has 0 saturated carbocycles. The summed E-state index contributed by atoms with van der Waals surface area (Å²) in [5, 5.41) is 12.6. The SMILES string of the molecule is CC(=O)N[C@H](ON1C(=O)[C@@H](O)Oc2ccccc21)C(Cl)(Cl)Cl. The molecule has 1 heterocycles. The van der Waals surface area contributed by atoms with Crippen LogP contribution in [0.15, 0.2) is 24.3 Å². The van der Waals surface area contributed by atoms with Crippen LogP contribution in [0.1, 0.15) is 6.92 Å². The van der Waals surface area contributed by atoms with Crippen LogP contribution in [0.25, 0.3) is 0 Å². The number of nitrogens with zero attached hydrogens (tertiary/aromatic N) is 1. The second kappa shape index (κ2) is 6.47. The largest absolute Gasteiger partial charge is 0.453 e. The van der Waals surface area contributed by atoms with Crippen molar-refractivity contribution in [2.24, 2.45) is 0 Å². The first-order chi connectivity index (χ1) is 10.2. The Morgan fingerprint density at radius 3 is 2.68 bits per heavy atom. The Kier molecular flexibility index (Phi) is 5.03. The highest BCUT2D eigenvalue weighted by Gasteiger charge is 2.41. The van der Waals surface area contributed by atoms with Crippen molar-refractivity contribution in [1.82, 2.24) is 5.32 Å². The summed E-state index contributed by atoms with van der Waals surface area (Å²) in [5.74, 6) is -1.27. The number of benzene rings is 1. The van der Waals surface area contributed by atoms with Crippen LogP contribution in [0, 0.1) is 0 Å². The van der Waals surface area contributed by atoms with Crippen LogP contribution in [0.4, 0.5) is 5.69 Å². The first kappa shape index (κ1) is 17.1. The van der Waals surface area contributed by atoms with E-state index in [1.165, 1.54) is 19.1 Å². The van der Waals surface area contributed by atoms with E-state index in [1.807, 2.05) is 0 Å². The number of carbonyl (C=O) groups is 2. The van der Waals surface area contributed by atoms with Crippen molar-refractivity contribution in [3.05, 3.63) is 24.3 Å². The molecule has 1 aromatic rings. The van der Waals surface area contributed by atoms with Gasteiger partial charge in [0.05, 0.1) is 0 Å². The fourth-order valence-corrected chi connectivity index (χ4v) is 1.96. The molecule has 2 rings (SSSR count). The third kappa shape index (κ3) is 3.74. The van der Waals surface area contributed by atoms with Crippen molar-refractivity contribution < 1.29 is 24.3 Å². The number of carbonyl (C=O) groups excluding carboxylic acids is 2. The number of alkyl halides is 3. The van der Waals surface area contributed by atoms with Crippen LogP contribution in [0.3, 0.4) is 0 Å².